The summed E-state index contributed by atoms with van der Waals surface area (Å²) in [7, 11) is -0.591. The summed E-state index contributed by atoms with van der Waals surface area (Å²) in [5, 5.41) is 1.22. The van der Waals surface area contributed by atoms with Gasteiger partial charge in [-0.05, 0) is 24.3 Å². The molecule has 0 N–H and O–H groups in total. The van der Waals surface area contributed by atoms with Crippen LogP contribution in [0.2, 0.25) is 35.8 Å². The van der Waals surface area contributed by atoms with E-state index in [0.29, 0.717) is 0 Å². The van der Waals surface area contributed by atoms with E-state index in [9.17, 15) is 0 Å². The Morgan fingerprint density at radius 3 is 2.24 bits per heavy atom. The van der Waals surface area contributed by atoms with E-state index in [-0.39, 0.29) is 17.6 Å². The van der Waals surface area contributed by atoms with Crippen molar-refractivity contribution in [2.24, 2.45) is 5.92 Å². The van der Waals surface area contributed by atoms with Crippen molar-refractivity contribution in [3.8, 4) is 0 Å². The van der Waals surface area contributed by atoms with Gasteiger partial charge in [-0.2, -0.15) is 0 Å². The zero-order valence-corrected chi connectivity index (χ0v) is 18.2. The summed E-state index contributed by atoms with van der Waals surface area (Å²) in [5.74, 6) is 1.10. The SMILES string of the molecule is CCCCC[SiH]1CCC([SiH]2CCC(CCCBr)CC2)CC1. The number of hydrogen-bond acceptors (Lipinski definition) is 0. The molecular formula is C18H37BrSi2. The van der Waals surface area contributed by atoms with E-state index >= 15 is 0 Å². The molecule has 2 fully saturated rings. The molecule has 2 heterocycles. The largest absolute Gasteiger partial charge is 0.0928 e. The highest BCUT2D eigenvalue weighted by Gasteiger charge is 2.31. The molecule has 0 spiro atoms. The van der Waals surface area contributed by atoms with Gasteiger partial charge in [-0.1, -0.05) is 98.0 Å². The van der Waals surface area contributed by atoms with Gasteiger partial charge in [0.15, 0.2) is 0 Å². The van der Waals surface area contributed by atoms with Crippen LogP contribution in [0.5, 0.6) is 0 Å². The molecule has 0 aromatic rings. The quantitative estimate of drug-likeness (QED) is 0.257. The summed E-state index contributed by atoms with van der Waals surface area (Å²) >= 11 is 3.59. The molecule has 0 bridgehead atoms. The van der Waals surface area contributed by atoms with Gasteiger partial charge >= 0.3 is 0 Å². The Hall–Kier alpha value is 0.914. The Kier molecular flexibility index (Phi) is 9.25. The lowest BCUT2D eigenvalue weighted by molar-refractivity contribution is 0.430. The van der Waals surface area contributed by atoms with Crippen LogP contribution in [0.15, 0.2) is 0 Å². The molecule has 3 heteroatoms. The second-order valence-corrected chi connectivity index (χ2v) is 15.8. The molecule has 0 aromatic carbocycles. The van der Waals surface area contributed by atoms with Crippen molar-refractivity contribution in [2.75, 3.05) is 5.33 Å². The van der Waals surface area contributed by atoms with Gasteiger partial charge in [-0.3, -0.25) is 0 Å². The lowest BCUT2D eigenvalue weighted by Crippen LogP contribution is -2.31. The summed E-state index contributed by atoms with van der Waals surface area (Å²) in [6.45, 7) is 2.35. The van der Waals surface area contributed by atoms with Crippen LogP contribution in [-0.2, 0) is 0 Å². The number of rotatable bonds is 8. The van der Waals surface area contributed by atoms with Crippen molar-refractivity contribution in [1.29, 1.82) is 0 Å². The monoisotopic (exact) mass is 388 g/mol. The summed E-state index contributed by atoms with van der Waals surface area (Å²) in [4.78, 5) is 0. The van der Waals surface area contributed by atoms with E-state index < -0.39 is 0 Å². The first-order valence-corrected chi connectivity index (χ1v) is 15.8. The molecule has 0 aromatic heterocycles. The second kappa shape index (κ2) is 10.6. The molecular weight excluding hydrogens is 352 g/mol. The minimum atomic E-state index is -0.330. The normalized spacial score (nSPS) is 34.0. The van der Waals surface area contributed by atoms with Gasteiger partial charge in [-0.15, -0.1) is 0 Å². The van der Waals surface area contributed by atoms with Gasteiger partial charge in [0.05, 0.1) is 0 Å². The molecule has 0 unspecified atom stereocenters. The maximum absolute atomic E-state index is 3.59. The fourth-order valence-corrected chi connectivity index (χ4v) is 13.9. The summed E-state index contributed by atoms with van der Waals surface area (Å²) in [6.07, 6.45) is 14.0. The van der Waals surface area contributed by atoms with E-state index in [4.69, 9.17) is 0 Å². The van der Waals surface area contributed by atoms with Gasteiger partial charge in [0, 0.05) is 22.9 Å². The van der Waals surface area contributed by atoms with Gasteiger partial charge < -0.3 is 0 Å². The molecule has 0 aliphatic carbocycles. The third-order valence-corrected chi connectivity index (χ3v) is 14.6. The van der Waals surface area contributed by atoms with Crippen LogP contribution >= 0.6 is 15.9 Å². The first-order valence-electron chi connectivity index (χ1n) is 9.89. The van der Waals surface area contributed by atoms with Crippen LogP contribution in [0.1, 0.15) is 64.7 Å². The van der Waals surface area contributed by atoms with Crippen molar-refractivity contribution in [3.63, 3.8) is 0 Å². The molecule has 2 aliphatic heterocycles. The van der Waals surface area contributed by atoms with Crippen LogP contribution in [0, 0.1) is 5.92 Å². The number of alkyl halides is 1. The smallest absolute Gasteiger partial charge is 0.0399 e. The highest BCUT2D eigenvalue weighted by atomic mass is 79.9. The van der Waals surface area contributed by atoms with Crippen LogP contribution in [-0.4, -0.2) is 22.9 Å². The van der Waals surface area contributed by atoms with E-state index in [2.05, 4.69) is 22.9 Å². The van der Waals surface area contributed by atoms with E-state index in [1.54, 1.807) is 62.3 Å². The minimum absolute atomic E-state index is 0.261. The first kappa shape index (κ1) is 18.3. The minimum Gasteiger partial charge on any atom is -0.0928 e. The highest BCUT2D eigenvalue weighted by Crippen LogP contribution is 2.41. The van der Waals surface area contributed by atoms with Crippen molar-refractivity contribution >= 4 is 33.5 Å². The second-order valence-electron chi connectivity index (χ2n) is 7.89. The van der Waals surface area contributed by atoms with E-state index in [0.717, 1.165) is 5.92 Å². The highest BCUT2D eigenvalue weighted by molar-refractivity contribution is 9.09. The predicted octanol–water partition coefficient (Wildman–Crippen LogP) is 6.38. The lowest BCUT2D eigenvalue weighted by Gasteiger charge is -2.36. The third kappa shape index (κ3) is 6.50. The van der Waals surface area contributed by atoms with Crippen molar-refractivity contribution < 1.29 is 0 Å². The van der Waals surface area contributed by atoms with E-state index in [1.807, 2.05) is 0 Å². The lowest BCUT2D eigenvalue weighted by atomic mass is 9.97. The molecule has 124 valence electrons. The van der Waals surface area contributed by atoms with Gasteiger partial charge in [0.2, 0.25) is 0 Å². The summed E-state index contributed by atoms with van der Waals surface area (Å²) in [6, 6.07) is 8.55. The van der Waals surface area contributed by atoms with Crippen LogP contribution in [0.4, 0.5) is 0 Å². The molecule has 21 heavy (non-hydrogen) atoms. The zero-order chi connectivity index (χ0) is 14.9. The number of halogens is 1. The molecule has 2 saturated heterocycles. The molecule has 0 atom stereocenters. The Balaban J connectivity index is 1.60. The Morgan fingerprint density at radius 2 is 1.62 bits per heavy atom. The topological polar surface area (TPSA) is 0 Å². The zero-order valence-electron chi connectivity index (χ0n) is 14.3. The van der Waals surface area contributed by atoms with Gasteiger partial charge in [0.25, 0.3) is 0 Å². The van der Waals surface area contributed by atoms with Crippen molar-refractivity contribution in [3.05, 3.63) is 0 Å². The molecule has 0 saturated carbocycles. The molecule has 0 nitrogen and oxygen atoms in total. The maximum atomic E-state index is 3.59. The van der Waals surface area contributed by atoms with E-state index in [1.165, 1.54) is 36.6 Å². The average molecular weight is 390 g/mol. The number of hydrogen-bond donors (Lipinski definition) is 0. The molecule has 2 rings (SSSR count). The Morgan fingerprint density at radius 1 is 0.905 bits per heavy atom. The predicted molar refractivity (Wildman–Crippen MR) is 107 cm³/mol. The Bertz CT molecular complexity index is 256. The first-order chi connectivity index (χ1) is 10.3. The third-order valence-electron chi connectivity index (χ3n) is 6.41. The van der Waals surface area contributed by atoms with Crippen LogP contribution < -0.4 is 0 Å². The Labute approximate surface area is 145 Å². The van der Waals surface area contributed by atoms with Crippen molar-refractivity contribution in [1.82, 2.24) is 0 Å². The molecule has 2 aliphatic rings. The van der Waals surface area contributed by atoms with Crippen molar-refractivity contribution in [2.45, 2.75) is 100 Å². The molecule has 0 amide bonds. The number of unbranched alkanes of at least 4 members (excludes halogenated alkanes) is 2. The standard InChI is InChI=1S/C18H37BrSi2/c1-2-3-4-12-20-13-9-18(10-14-20)21-15-7-17(8-16-21)6-5-11-19/h17-18,20-21H,2-16H2,1H3. The average Bonchev–Trinajstić information content (AvgIpc) is 2.54. The van der Waals surface area contributed by atoms with Crippen LogP contribution in [0.25, 0.3) is 0 Å². The fraction of sp³-hybridized carbons (Fsp3) is 1.00. The van der Waals surface area contributed by atoms with Crippen LogP contribution in [0.3, 0.4) is 0 Å². The fourth-order valence-electron chi connectivity index (χ4n) is 4.95. The summed E-state index contributed by atoms with van der Waals surface area (Å²) < 4.78 is 0. The molecule has 0 radical (unpaired) electrons. The maximum Gasteiger partial charge on any atom is 0.0399 e. The summed E-state index contributed by atoms with van der Waals surface area (Å²) in [5.41, 5.74) is 1.28. The van der Waals surface area contributed by atoms with Gasteiger partial charge in [-0.25, -0.2) is 0 Å². The van der Waals surface area contributed by atoms with Gasteiger partial charge in [0.1, 0.15) is 0 Å².